The molecule has 1 saturated carbocycles. The van der Waals surface area contributed by atoms with E-state index in [1.165, 1.54) is 0 Å². The zero-order chi connectivity index (χ0) is 20.9. The SMILES string of the molecule is CC(C)(C)n1nc(C2CC2)cc1C(=O)Nc1ccc2nc(N3CCOCC3)sc2c1. The predicted molar refractivity (Wildman–Crippen MR) is 120 cm³/mol. The molecule has 158 valence electrons. The van der Waals surface area contributed by atoms with E-state index in [0.29, 0.717) is 11.6 Å². The Hall–Kier alpha value is -2.45. The van der Waals surface area contributed by atoms with Crippen LogP contribution in [0, 0.1) is 0 Å². The zero-order valence-electron chi connectivity index (χ0n) is 17.6. The molecule has 0 spiro atoms. The number of carbonyl (C=O) groups excluding carboxylic acids is 1. The zero-order valence-corrected chi connectivity index (χ0v) is 18.5. The molecule has 0 atom stereocenters. The largest absolute Gasteiger partial charge is 0.378 e. The van der Waals surface area contributed by atoms with Crippen LogP contribution in [0.4, 0.5) is 10.8 Å². The Bertz CT molecular complexity index is 1090. The molecular weight excluding hydrogens is 398 g/mol. The van der Waals surface area contributed by atoms with Crippen molar-refractivity contribution in [3.8, 4) is 0 Å². The third-order valence-corrected chi connectivity index (χ3v) is 6.59. The van der Waals surface area contributed by atoms with Crippen LogP contribution in [-0.4, -0.2) is 47.0 Å². The van der Waals surface area contributed by atoms with Crippen molar-refractivity contribution in [3.05, 3.63) is 35.7 Å². The van der Waals surface area contributed by atoms with Crippen LogP contribution in [0.15, 0.2) is 24.3 Å². The molecule has 2 fully saturated rings. The molecule has 1 amide bonds. The van der Waals surface area contributed by atoms with E-state index in [1.807, 2.05) is 28.9 Å². The van der Waals surface area contributed by atoms with Crippen LogP contribution in [0.2, 0.25) is 0 Å². The van der Waals surface area contributed by atoms with Gasteiger partial charge in [-0.05, 0) is 57.9 Å². The van der Waals surface area contributed by atoms with Gasteiger partial charge in [0.1, 0.15) is 5.69 Å². The second-order valence-corrected chi connectivity index (χ2v) is 10.1. The number of fused-ring (bicyclic) bond motifs is 1. The van der Waals surface area contributed by atoms with Gasteiger partial charge in [-0.1, -0.05) is 11.3 Å². The lowest BCUT2D eigenvalue weighted by molar-refractivity contribution is 0.100. The number of anilines is 2. The van der Waals surface area contributed by atoms with Gasteiger partial charge in [-0.3, -0.25) is 9.48 Å². The summed E-state index contributed by atoms with van der Waals surface area (Å²) in [6.07, 6.45) is 2.32. The summed E-state index contributed by atoms with van der Waals surface area (Å²) in [5, 5.41) is 8.82. The van der Waals surface area contributed by atoms with Gasteiger partial charge in [0.2, 0.25) is 0 Å². The molecule has 3 heterocycles. The van der Waals surface area contributed by atoms with Crippen molar-refractivity contribution >= 4 is 38.3 Å². The maximum atomic E-state index is 13.1. The number of morpholine rings is 1. The lowest BCUT2D eigenvalue weighted by atomic mass is 10.1. The summed E-state index contributed by atoms with van der Waals surface area (Å²) in [5.41, 5.74) is 3.12. The topological polar surface area (TPSA) is 72.3 Å². The molecule has 2 aromatic heterocycles. The van der Waals surface area contributed by atoms with E-state index in [1.54, 1.807) is 11.3 Å². The maximum Gasteiger partial charge on any atom is 0.273 e. The smallest absolute Gasteiger partial charge is 0.273 e. The Kier molecular flexibility index (Phi) is 4.78. The standard InChI is InChI=1S/C22H27N5O2S/c1-22(2,3)27-18(13-17(25-27)14-4-5-14)20(28)23-15-6-7-16-19(12-15)30-21(24-16)26-8-10-29-11-9-26/h6-7,12-14H,4-5,8-11H2,1-3H3,(H,23,28). The summed E-state index contributed by atoms with van der Waals surface area (Å²) < 4.78 is 8.36. The number of benzene rings is 1. The summed E-state index contributed by atoms with van der Waals surface area (Å²) >= 11 is 1.65. The molecule has 2 aliphatic rings. The second kappa shape index (κ2) is 7.35. The van der Waals surface area contributed by atoms with E-state index in [0.717, 1.165) is 65.9 Å². The highest BCUT2D eigenvalue weighted by molar-refractivity contribution is 7.22. The number of thiazole rings is 1. The first-order valence-electron chi connectivity index (χ1n) is 10.5. The average molecular weight is 426 g/mol. The Morgan fingerprint density at radius 1 is 1.20 bits per heavy atom. The van der Waals surface area contributed by atoms with Gasteiger partial charge in [0.15, 0.2) is 5.13 Å². The first-order valence-corrected chi connectivity index (χ1v) is 11.4. The van der Waals surface area contributed by atoms with Crippen LogP contribution in [0.25, 0.3) is 10.2 Å². The number of nitrogens with one attached hydrogen (secondary N) is 1. The van der Waals surface area contributed by atoms with Crippen molar-refractivity contribution in [2.24, 2.45) is 0 Å². The normalized spacial score (nSPS) is 17.5. The molecular formula is C22H27N5O2S. The van der Waals surface area contributed by atoms with Crippen LogP contribution in [0.5, 0.6) is 0 Å². The third-order valence-electron chi connectivity index (χ3n) is 5.51. The quantitative estimate of drug-likeness (QED) is 0.678. The number of ether oxygens (including phenoxy) is 1. The summed E-state index contributed by atoms with van der Waals surface area (Å²) in [7, 11) is 0. The van der Waals surface area contributed by atoms with Gasteiger partial charge in [0, 0.05) is 24.7 Å². The van der Waals surface area contributed by atoms with E-state index in [2.05, 4.69) is 31.0 Å². The van der Waals surface area contributed by atoms with E-state index in [-0.39, 0.29) is 11.4 Å². The minimum atomic E-state index is -0.255. The first-order chi connectivity index (χ1) is 14.4. The number of nitrogens with zero attached hydrogens (tertiary/aromatic N) is 4. The van der Waals surface area contributed by atoms with Crippen LogP contribution >= 0.6 is 11.3 Å². The van der Waals surface area contributed by atoms with Gasteiger partial charge in [-0.25, -0.2) is 4.98 Å². The van der Waals surface area contributed by atoms with Gasteiger partial charge in [-0.2, -0.15) is 5.10 Å². The number of carbonyl (C=O) groups is 1. The number of hydrogen-bond donors (Lipinski definition) is 1. The third kappa shape index (κ3) is 3.81. The van der Waals surface area contributed by atoms with Crippen molar-refractivity contribution in [2.75, 3.05) is 36.5 Å². The fourth-order valence-electron chi connectivity index (χ4n) is 3.73. The second-order valence-electron chi connectivity index (χ2n) is 9.04. The molecule has 3 aromatic rings. The molecule has 8 heteroatoms. The van der Waals surface area contributed by atoms with E-state index < -0.39 is 0 Å². The van der Waals surface area contributed by atoms with Crippen LogP contribution in [0.1, 0.15) is 55.7 Å². The molecule has 1 saturated heterocycles. The Labute approximate surface area is 180 Å². The summed E-state index contributed by atoms with van der Waals surface area (Å²) in [4.78, 5) is 20.1. The summed E-state index contributed by atoms with van der Waals surface area (Å²) in [5.74, 6) is 0.383. The number of amides is 1. The molecule has 0 radical (unpaired) electrons. The molecule has 30 heavy (non-hydrogen) atoms. The van der Waals surface area contributed by atoms with Gasteiger partial charge >= 0.3 is 0 Å². The molecule has 0 bridgehead atoms. The minimum absolute atomic E-state index is 0.124. The molecule has 1 aliphatic heterocycles. The monoisotopic (exact) mass is 425 g/mol. The number of rotatable bonds is 4. The fraction of sp³-hybridized carbons (Fsp3) is 0.500. The molecule has 1 N–H and O–H groups in total. The highest BCUT2D eigenvalue weighted by atomic mass is 32.1. The predicted octanol–water partition coefficient (Wildman–Crippen LogP) is 4.21. The Balaban J connectivity index is 1.39. The maximum absolute atomic E-state index is 13.1. The molecule has 7 nitrogen and oxygen atoms in total. The van der Waals surface area contributed by atoms with Crippen molar-refractivity contribution in [2.45, 2.75) is 45.1 Å². The first kappa shape index (κ1) is 19.5. The van der Waals surface area contributed by atoms with E-state index >= 15 is 0 Å². The lowest BCUT2D eigenvalue weighted by Gasteiger charge is -2.25. The average Bonchev–Trinajstić information content (AvgIpc) is 3.31. The molecule has 1 aliphatic carbocycles. The van der Waals surface area contributed by atoms with E-state index in [9.17, 15) is 4.79 Å². The molecule has 0 unspecified atom stereocenters. The van der Waals surface area contributed by atoms with E-state index in [4.69, 9.17) is 14.8 Å². The van der Waals surface area contributed by atoms with Gasteiger partial charge < -0.3 is 15.0 Å². The Morgan fingerprint density at radius 2 is 1.97 bits per heavy atom. The highest BCUT2D eigenvalue weighted by Crippen LogP contribution is 2.40. The van der Waals surface area contributed by atoms with Gasteiger partial charge in [-0.15, -0.1) is 0 Å². The molecule has 5 rings (SSSR count). The van der Waals surface area contributed by atoms with Crippen molar-refractivity contribution < 1.29 is 9.53 Å². The lowest BCUT2D eigenvalue weighted by Crippen LogP contribution is -2.36. The van der Waals surface area contributed by atoms with Crippen molar-refractivity contribution in [1.82, 2.24) is 14.8 Å². The van der Waals surface area contributed by atoms with Gasteiger partial charge in [0.05, 0.1) is 34.7 Å². The Morgan fingerprint density at radius 3 is 2.67 bits per heavy atom. The van der Waals surface area contributed by atoms with Crippen LogP contribution < -0.4 is 10.2 Å². The minimum Gasteiger partial charge on any atom is -0.378 e. The summed E-state index contributed by atoms with van der Waals surface area (Å²) in [6, 6.07) is 7.86. The number of aromatic nitrogens is 3. The molecule has 1 aromatic carbocycles. The van der Waals surface area contributed by atoms with Crippen LogP contribution in [-0.2, 0) is 10.3 Å². The van der Waals surface area contributed by atoms with Gasteiger partial charge in [0.25, 0.3) is 5.91 Å². The van der Waals surface area contributed by atoms with Crippen molar-refractivity contribution in [1.29, 1.82) is 0 Å². The highest BCUT2D eigenvalue weighted by Gasteiger charge is 2.31. The number of hydrogen-bond acceptors (Lipinski definition) is 6. The van der Waals surface area contributed by atoms with Crippen LogP contribution in [0.3, 0.4) is 0 Å². The summed E-state index contributed by atoms with van der Waals surface area (Å²) in [6.45, 7) is 9.42. The fourth-order valence-corrected chi connectivity index (χ4v) is 4.78. The van der Waals surface area contributed by atoms with Crippen molar-refractivity contribution in [3.63, 3.8) is 0 Å².